The minimum absolute atomic E-state index is 0.622. The molecule has 0 atom stereocenters. The van der Waals surface area contributed by atoms with Crippen LogP contribution in [0.5, 0.6) is 0 Å². The molecule has 0 fully saturated rings. The van der Waals surface area contributed by atoms with Crippen LogP contribution in [0, 0.1) is 0 Å². The molecule has 0 aliphatic rings. The molecule has 0 radical (unpaired) electrons. The van der Waals surface area contributed by atoms with Gasteiger partial charge in [-0.3, -0.25) is 4.57 Å². The lowest BCUT2D eigenvalue weighted by Gasteiger charge is -2.11. The van der Waals surface area contributed by atoms with Gasteiger partial charge in [0.15, 0.2) is 23.3 Å². The fourth-order valence-electron chi connectivity index (χ4n) is 7.21. The maximum atomic E-state index is 5.33. The number of benzene rings is 7. The average molecular weight is 705 g/mol. The highest BCUT2D eigenvalue weighted by Gasteiger charge is 2.21. The molecule has 3 heterocycles. The Morgan fingerprint density at radius 1 is 0.309 bits per heavy atom. The van der Waals surface area contributed by atoms with Crippen LogP contribution in [0.15, 0.2) is 194 Å². The second kappa shape index (κ2) is 13.8. The molecule has 0 N–H and O–H groups in total. The zero-order valence-corrected chi connectivity index (χ0v) is 29.7. The first-order chi connectivity index (χ1) is 27.3. The van der Waals surface area contributed by atoms with Crippen molar-refractivity contribution in [3.8, 4) is 73.6 Å². The minimum Gasteiger partial charge on any atom is -0.294 e. The van der Waals surface area contributed by atoms with Gasteiger partial charge in [-0.05, 0) is 35.4 Å². The molecule has 55 heavy (non-hydrogen) atoms. The third kappa shape index (κ3) is 6.02. The van der Waals surface area contributed by atoms with Crippen LogP contribution in [0.2, 0.25) is 0 Å². The number of rotatable bonds is 7. The van der Waals surface area contributed by atoms with Crippen molar-refractivity contribution in [2.24, 2.45) is 0 Å². The molecule has 10 rings (SSSR count). The predicted octanol–water partition coefficient (Wildman–Crippen LogP) is 11.8. The van der Waals surface area contributed by atoms with E-state index in [1.54, 1.807) is 0 Å². The highest BCUT2D eigenvalue weighted by Crippen LogP contribution is 2.38. The molecule has 6 heteroatoms. The molecule has 6 nitrogen and oxygen atoms in total. The topological polar surface area (TPSA) is 69.4 Å². The Kier molecular flexibility index (Phi) is 8.04. The van der Waals surface area contributed by atoms with Gasteiger partial charge in [0.05, 0.1) is 16.6 Å². The molecule has 0 unspecified atom stereocenters. The molecule has 0 spiro atoms. The Labute approximate surface area is 318 Å². The van der Waals surface area contributed by atoms with E-state index in [2.05, 4.69) is 126 Å². The molecule has 7 aromatic carbocycles. The normalized spacial score (nSPS) is 11.3. The van der Waals surface area contributed by atoms with Gasteiger partial charge in [-0.1, -0.05) is 170 Å². The minimum atomic E-state index is 0.622. The summed E-state index contributed by atoms with van der Waals surface area (Å²) in [7, 11) is 0. The predicted molar refractivity (Wildman–Crippen MR) is 222 cm³/mol. The number of hydrogen-bond acceptors (Lipinski definition) is 5. The molecule has 0 aliphatic heterocycles. The van der Waals surface area contributed by atoms with E-state index >= 15 is 0 Å². The largest absolute Gasteiger partial charge is 0.294 e. The highest BCUT2D eigenvalue weighted by molar-refractivity contribution is 6.14. The van der Waals surface area contributed by atoms with Gasteiger partial charge in [-0.25, -0.2) is 24.9 Å². The zero-order chi connectivity index (χ0) is 36.6. The third-order valence-corrected chi connectivity index (χ3v) is 9.87. The van der Waals surface area contributed by atoms with Crippen molar-refractivity contribution in [2.75, 3.05) is 0 Å². The van der Waals surface area contributed by atoms with Crippen LogP contribution < -0.4 is 0 Å². The van der Waals surface area contributed by atoms with Crippen molar-refractivity contribution in [1.29, 1.82) is 0 Å². The van der Waals surface area contributed by atoms with Crippen molar-refractivity contribution in [1.82, 2.24) is 29.5 Å². The van der Waals surface area contributed by atoms with Crippen molar-refractivity contribution in [2.45, 2.75) is 0 Å². The van der Waals surface area contributed by atoms with E-state index in [1.807, 2.05) is 72.8 Å². The number of nitrogens with zero attached hydrogens (tertiary/aromatic N) is 6. The quantitative estimate of drug-likeness (QED) is 0.165. The van der Waals surface area contributed by atoms with Crippen molar-refractivity contribution < 1.29 is 0 Å². The fraction of sp³-hybridized carbons (Fsp3) is 0. The standard InChI is InChI=1S/C49H32N6/c1-5-16-34(17-6-1)44-43-41-26-13-14-27-42(41)55(40-24-11-4-12-25-40)49(43)54-48(50-44)39-23-15-22-38(32-39)33-28-30-37(31-29-33)47-52-45(35-18-7-2-8-19-35)51-46(53-47)36-20-9-3-10-21-36/h1-32H. The summed E-state index contributed by atoms with van der Waals surface area (Å²) in [5.74, 6) is 2.56. The SMILES string of the molecule is c1ccc(-c2nc(-c3ccccc3)nc(-c3ccc(-c4cccc(-c5nc(-c6ccccc6)c6c7ccccc7n(-c7ccccc7)c6n5)c4)cc3)n2)cc1. The second-order valence-corrected chi connectivity index (χ2v) is 13.3. The average Bonchev–Trinajstić information content (AvgIpc) is 3.61. The smallest absolute Gasteiger partial charge is 0.164 e. The van der Waals surface area contributed by atoms with Gasteiger partial charge in [0, 0.05) is 38.9 Å². The molecule has 0 bridgehead atoms. The Morgan fingerprint density at radius 2 is 0.764 bits per heavy atom. The zero-order valence-electron chi connectivity index (χ0n) is 29.7. The molecule has 258 valence electrons. The Balaban J connectivity index is 1.08. The molecule has 0 aliphatic carbocycles. The lowest BCUT2D eigenvalue weighted by molar-refractivity contribution is 1.07. The van der Waals surface area contributed by atoms with Gasteiger partial charge in [-0.15, -0.1) is 0 Å². The van der Waals surface area contributed by atoms with Crippen LogP contribution in [-0.4, -0.2) is 29.5 Å². The van der Waals surface area contributed by atoms with E-state index in [0.29, 0.717) is 23.3 Å². The number of para-hydroxylation sites is 2. The van der Waals surface area contributed by atoms with E-state index in [0.717, 1.165) is 72.3 Å². The summed E-state index contributed by atoms with van der Waals surface area (Å²) < 4.78 is 2.25. The second-order valence-electron chi connectivity index (χ2n) is 13.3. The summed E-state index contributed by atoms with van der Waals surface area (Å²) in [6.45, 7) is 0. The van der Waals surface area contributed by atoms with Gasteiger partial charge in [0.25, 0.3) is 0 Å². The first kappa shape index (κ1) is 32.1. The van der Waals surface area contributed by atoms with E-state index in [1.165, 1.54) is 0 Å². The summed E-state index contributed by atoms with van der Waals surface area (Å²) in [6.07, 6.45) is 0. The first-order valence-electron chi connectivity index (χ1n) is 18.3. The summed E-state index contributed by atoms with van der Waals surface area (Å²) >= 11 is 0. The lowest BCUT2D eigenvalue weighted by Crippen LogP contribution is -2.00. The molecule has 3 aromatic heterocycles. The van der Waals surface area contributed by atoms with Gasteiger partial charge in [0.1, 0.15) is 5.65 Å². The van der Waals surface area contributed by atoms with Crippen LogP contribution in [0.3, 0.4) is 0 Å². The Hall–Kier alpha value is -7.57. The maximum absolute atomic E-state index is 5.33. The van der Waals surface area contributed by atoms with Crippen molar-refractivity contribution >= 4 is 21.9 Å². The molecule has 0 saturated carbocycles. The third-order valence-electron chi connectivity index (χ3n) is 9.87. The van der Waals surface area contributed by atoms with E-state index in [4.69, 9.17) is 24.9 Å². The molecular weight excluding hydrogens is 673 g/mol. The lowest BCUT2D eigenvalue weighted by atomic mass is 10.0. The molecule has 0 amide bonds. The van der Waals surface area contributed by atoms with E-state index in [-0.39, 0.29) is 0 Å². The Bertz CT molecular complexity index is 2890. The number of hydrogen-bond donors (Lipinski definition) is 0. The Morgan fingerprint density at radius 3 is 1.38 bits per heavy atom. The van der Waals surface area contributed by atoms with Crippen molar-refractivity contribution in [3.63, 3.8) is 0 Å². The summed E-state index contributed by atoms with van der Waals surface area (Å²) in [5.41, 5.74) is 10.8. The molecular formula is C49H32N6. The molecule has 0 saturated heterocycles. The monoisotopic (exact) mass is 704 g/mol. The van der Waals surface area contributed by atoms with Crippen LogP contribution in [0.25, 0.3) is 95.6 Å². The van der Waals surface area contributed by atoms with Crippen molar-refractivity contribution in [3.05, 3.63) is 194 Å². The van der Waals surface area contributed by atoms with Crippen LogP contribution in [-0.2, 0) is 0 Å². The molecule has 10 aromatic rings. The van der Waals surface area contributed by atoms with Gasteiger partial charge in [0.2, 0.25) is 0 Å². The maximum Gasteiger partial charge on any atom is 0.164 e. The summed E-state index contributed by atoms with van der Waals surface area (Å²) in [5, 5.41) is 2.15. The van der Waals surface area contributed by atoms with Crippen LogP contribution in [0.4, 0.5) is 0 Å². The first-order valence-corrected chi connectivity index (χ1v) is 18.3. The highest BCUT2D eigenvalue weighted by atomic mass is 15.1. The van der Waals surface area contributed by atoms with Crippen LogP contribution in [0.1, 0.15) is 0 Å². The van der Waals surface area contributed by atoms with Crippen LogP contribution >= 0.6 is 0 Å². The summed E-state index contributed by atoms with van der Waals surface area (Å²) in [6, 6.07) is 66.2. The fourth-order valence-corrected chi connectivity index (χ4v) is 7.21. The van der Waals surface area contributed by atoms with E-state index in [9.17, 15) is 0 Å². The summed E-state index contributed by atoms with van der Waals surface area (Å²) in [4.78, 5) is 25.3. The van der Waals surface area contributed by atoms with Gasteiger partial charge < -0.3 is 0 Å². The van der Waals surface area contributed by atoms with Gasteiger partial charge in [-0.2, -0.15) is 0 Å². The number of aromatic nitrogens is 6. The van der Waals surface area contributed by atoms with Gasteiger partial charge >= 0.3 is 0 Å². The van der Waals surface area contributed by atoms with E-state index < -0.39 is 0 Å². The number of fused-ring (bicyclic) bond motifs is 3.